The van der Waals surface area contributed by atoms with Crippen LogP contribution in [-0.4, -0.2) is 73.5 Å². The first kappa shape index (κ1) is 26.3. The highest BCUT2D eigenvalue weighted by Gasteiger charge is 2.39. The maximum absolute atomic E-state index is 12.8. The van der Waals surface area contributed by atoms with E-state index < -0.39 is 24.1 Å². The molecule has 0 radical (unpaired) electrons. The Morgan fingerprint density at radius 2 is 1.95 bits per heavy atom. The van der Waals surface area contributed by atoms with E-state index in [2.05, 4.69) is 20.9 Å². The van der Waals surface area contributed by atoms with E-state index in [9.17, 15) is 27.6 Å². The van der Waals surface area contributed by atoms with E-state index in [1.165, 1.54) is 12.8 Å². The standard InChI is InChI=1S/C21H24N6O3.C2HF3O2/c28-19-8-7-18(20(29)23-19)26-11-13-10-16(5-6-17(13)21(26)30)27-12-15(24-25-27)4-3-14-2-1-9-22-14;3-2(4,5)1(6)7/h5-6,10,12,14,18,22H,1-4,7-9,11H2,(H,23,28,29);(H,6,7). The first-order valence-electron chi connectivity index (χ1n) is 11.8. The number of hydrogen-bond acceptors (Lipinski definition) is 7. The quantitative estimate of drug-likeness (QED) is 0.499. The summed E-state index contributed by atoms with van der Waals surface area (Å²) in [6, 6.07) is 5.52. The van der Waals surface area contributed by atoms with E-state index in [0.717, 1.165) is 36.3 Å². The van der Waals surface area contributed by atoms with E-state index in [1.807, 2.05) is 18.3 Å². The van der Waals surface area contributed by atoms with Crippen LogP contribution in [0.25, 0.3) is 5.69 Å². The van der Waals surface area contributed by atoms with Crippen LogP contribution in [0.1, 0.15) is 53.7 Å². The molecule has 2 saturated heterocycles. The average molecular weight is 522 g/mol. The number of carboxylic acids is 1. The highest BCUT2D eigenvalue weighted by atomic mass is 19.4. The monoisotopic (exact) mass is 522 g/mol. The van der Waals surface area contributed by atoms with Crippen LogP contribution in [0.3, 0.4) is 0 Å². The molecule has 5 rings (SSSR count). The van der Waals surface area contributed by atoms with Gasteiger partial charge in [-0.15, -0.1) is 5.10 Å². The summed E-state index contributed by atoms with van der Waals surface area (Å²) in [7, 11) is 0. The first-order valence-corrected chi connectivity index (χ1v) is 11.8. The van der Waals surface area contributed by atoms with Crippen LogP contribution < -0.4 is 10.6 Å². The van der Waals surface area contributed by atoms with Crippen molar-refractivity contribution in [3.63, 3.8) is 0 Å². The lowest BCUT2D eigenvalue weighted by Gasteiger charge is -2.29. The molecule has 0 bridgehead atoms. The number of aromatic nitrogens is 3. The molecule has 14 heteroatoms. The van der Waals surface area contributed by atoms with Crippen LogP contribution in [0.15, 0.2) is 24.4 Å². The molecule has 2 aromatic rings. The second-order valence-electron chi connectivity index (χ2n) is 9.03. The van der Waals surface area contributed by atoms with Crippen molar-refractivity contribution in [3.8, 4) is 5.69 Å². The Bertz CT molecular complexity index is 1210. The number of aryl methyl sites for hydroxylation is 1. The molecule has 2 unspecified atom stereocenters. The molecule has 198 valence electrons. The summed E-state index contributed by atoms with van der Waals surface area (Å²) in [5, 5.41) is 21.5. The van der Waals surface area contributed by atoms with Crippen LogP contribution in [0, 0.1) is 0 Å². The maximum atomic E-state index is 12.8. The smallest absolute Gasteiger partial charge is 0.475 e. The fourth-order valence-corrected chi connectivity index (χ4v) is 4.57. The summed E-state index contributed by atoms with van der Waals surface area (Å²) in [5.41, 5.74) is 3.24. The number of amides is 3. The van der Waals surface area contributed by atoms with Crippen LogP contribution in [-0.2, 0) is 27.3 Å². The highest BCUT2D eigenvalue weighted by Crippen LogP contribution is 2.29. The van der Waals surface area contributed by atoms with Crippen LogP contribution in [0.2, 0.25) is 0 Å². The zero-order valence-electron chi connectivity index (χ0n) is 19.6. The first-order chi connectivity index (χ1) is 17.5. The van der Waals surface area contributed by atoms with Gasteiger partial charge in [0.1, 0.15) is 6.04 Å². The van der Waals surface area contributed by atoms with Gasteiger partial charge in [-0.3, -0.25) is 19.7 Å². The van der Waals surface area contributed by atoms with E-state index in [4.69, 9.17) is 9.90 Å². The Labute approximate surface area is 209 Å². The Kier molecular flexibility index (Phi) is 7.57. The van der Waals surface area contributed by atoms with Crippen LogP contribution >= 0.6 is 0 Å². The molecule has 2 fully saturated rings. The number of alkyl halides is 3. The summed E-state index contributed by atoms with van der Waals surface area (Å²) in [5.74, 6) is -3.61. The van der Waals surface area contributed by atoms with Crippen molar-refractivity contribution in [1.29, 1.82) is 0 Å². The predicted octanol–water partition coefficient (Wildman–Crippen LogP) is 1.35. The van der Waals surface area contributed by atoms with Gasteiger partial charge in [-0.05, 0) is 62.4 Å². The number of benzene rings is 1. The van der Waals surface area contributed by atoms with Gasteiger partial charge in [0, 0.05) is 24.6 Å². The van der Waals surface area contributed by atoms with Crippen molar-refractivity contribution in [2.75, 3.05) is 6.54 Å². The lowest BCUT2D eigenvalue weighted by atomic mass is 10.0. The van der Waals surface area contributed by atoms with Gasteiger partial charge in [-0.2, -0.15) is 13.2 Å². The van der Waals surface area contributed by atoms with Crippen LogP contribution in [0.4, 0.5) is 13.2 Å². The number of nitrogens with one attached hydrogen (secondary N) is 2. The third-order valence-corrected chi connectivity index (χ3v) is 6.47. The van der Waals surface area contributed by atoms with Crippen molar-refractivity contribution >= 4 is 23.7 Å². The summed E-state index contributed by atoms with van der Waals surface area (Å²) in [6.45, 7) is 1.45. The lowest BCUT2D eigenvalue weighted by Crippen LogP contribution is -2.52. The minimum atomic E-state index is -5.08. The van der Waals surface area contributed by atoms with Crippen molar-refractivity contribution in [3.05, 3.63) is 41.2 Å². The Balaban J connectivity index is 0.000000405. The van der Waals surface area contributed by atoms with Gasteiger partial charge < -0.3 is 15.3 Å². The minimum absolute atomic E-state index is 0.172. The van der Waals surface area contributed by atoms with Crippen molar-refractivity contribution in [2.45, 2.75) is 63.3 Å². The lowest BCUT2D eigenvalue weighted by molar-refractivity contribution is -0.192. The molecule has 0 spiro atoms. The summed E-state index contributed by atoms with van der Waals surface area (Å²) >= 11 is 0. The Morgan fingerprint density at radius 3 is 2.59 bits per heavy atom. The van der Waals surface area contributed by atoms with E-state index in [-0.39, 0.29) is 18.2 Å². The SMILES string of the molecule is O=C(O)C(F)(F)F.O=C1CCC(N2Cc3cc(-n4cc(CCC5CCCN5)nn4)ccc3C2=O)C(=O)N1. The zero-order chi connectivity index (χ0) is 26.7. The predicted molar refractivity (Wildman–Crippen MR) is 120 cm³/mol. The number of piperidine rings is 1. The number of carboxylic acid groups (broad SMARTS) is 1. The molecule has 3 amide bonds. The number of hydrogen-bond donors (Lipinski definition) is 3. The second kappa shape index (κ2) is 10.7. The number of nitrogens with zero attached hydrogens (tertiary/aromatic N) is 4. The molecule has 3 aliphatic heterocycles. The van der Waals surface area contributed by atoms with Crippen molar-refractivity contribution in [2.24, 2.45) is 0 Å². The number of aliphatic carboxylic acids is 1. The van der Waals surface area contributed by atoms with Gasteiger partial charge in [0.25, 0.3) is 5.91 Å². The molecule has 37 heavy (non-hydrogen) atoms. The molecule has 2 atom stereocenters. The summed E-state index contributed by atoms with van der Waals surface area (Å²) < 4.78 is 33.5. The van der Waals surface area contributed by atoms with Crippen LogP contribution in [0.5, 0.6) is 0 Å². The summed E-state index contributed by atoms with van der Waals surface area (Å²) in [6.07, 6.45) is 1.85. The third-order valence-electron chi connectivity index (χ3n) is 6.47. The molecular weight excluding hydrogens is 497 g/mol. The second-order valence-corrected chi connectivity index (χ2v) is 9.03. The van der Waals surface area contributed by atoms with E-state index in [1.54, 1.807) is 15.6 Å². The van der Waals surface area contributed by atoms with Gasteiger partial charge in [0.05, 0.1) is 17.6 Å². The fraction of sp³-hybridized carbons (Fsp3) is 0.478. The van der Waals surface area contributed by atoms with Gasteiger partial charge in [-0.25, -0.2) is 9.48 Å². The van der Waals surface area contributed by atoms with Gasteiger partial charge >= 0.3 is 12.1 Å². The fourth-order valence-electron chi connectivity index (χ4n) is 4.57. The Hall–Kier alpha value is -3.81. The molecule has 11 nitrogen and oxygen atoms in total. The molecule has 3 aliphatic rings. The molecule has 1 aromatic heterocycles. The van der Waals surface area contributed by atoms with Gasteiger partial charge in [0.15, 0.2) is 0 Å². The topological polar surface area (TPSA) is 147 Å². The maximum Gasteiger partial charge on any atom is 0.490 e. The molecule has 0 aliphatic carbocycles. The third kappa shape index (κ3) is 6.13. The van der Waals surface area contributed by atoms with Gasteiger partial charge in [0.2, 0.25) is 11.8 Å². The minimum Gasteiger partial charge on any atom is -0.475 e. The number of carbonyl (C=O) groups excluding carboxylic acids is 3. The van der Waals surface area contributed by atoms with Crippen molar-refractivity contribution in [1.82, 2.24) is 30.5 Å². The van der Waals surface area contributed by atoms with E-state index in [0.29, 0.717) is 24.6 Å². The average Bonchev–Trinajstić information content (AvgIpc) is 3.58. The number of fused-ring (bicyclic) bond motifs is 1. The molecular formula is C23H25F3N6O5. The molecule has 1 aromatic carbocycles. The number of rotatable bonds is 5. The zero-order valence-corrected chi connectivity index (χ0v) is 19.6. The van der Waals surface area contributed by atoms with Crippen molar-refractivity contribution < 1.29 is 37.5 Å². The molecule has 3 N–H and O–H groups in total. The Morgan fingerprint density at radius 1 is 1.19 bits per heavy atom. The largest absolute Gasteiger partial charge is 0.490 e. The van der Waals surface area contributed by atoms with E-state index >= 15 is 0 Å². The number of carbonyl (C=O) groups is 4. The number of imide groups is 1. The molecule has 4 heterocycles. The normalized spacial score (nSPS) is 21.4. The number of halogens is 3. The molecule has 0 saturated carbocycles. The summed E-state index contributed by atoms with van der Waals surface area (Å²) in [4.78, 5) is 46.8. The highest BCUT2D eigenvalue weighted by molar-refractivity contribution is 6.05. The van der Waals surface area contributed by atoms with Gasteiger partial charge in [-0.1, -0.05) is 5.21 Å².